The molecule has 1 fully saturated rings. The summed E-state index contributed by atoms with van der Waals surface area (Å²) in [6.07, 6.45) is 4.45. The van der Waals surface area contributed by atoms with E-state index < -0.39 is 0 Å². The maximum absolute atomic E-state index is 5.37. The van der Waals surface area contributed by atoms with E-state index in [1.54, 1.807) is 7.11 Å². The van der Waals surface area contributed by atoms with E-state index in [0.717, 1.165) is 36.2 Å². The molecule has 2 rings (SSSR count). The predicted octanol–water partition coefficient (Wildman–Crippen LogP) is 2.77. The number of hydrogen-bond donors (Lipinski definition) is 0. The molecular formula is C12H17BrN2O. The summed E-state index contributed by atoms with van der Waals surface area (Å²) in [5, 5.41) is 0. The van der Waals surface area contributed by atoms with Crippen molar-refractivity contribution >= 4 is 21.7 Å². The Kier molecular flexibility index (Phi) is 3.82. The van der Waals surface area contributed by atoms with E-state index in [9.17, 15) is 0 Å². The van der Waals surface area contributed by atoms with Crippen LogP contribution in [0, 0.1) is 6.92 Å². The molecule has 0 aromatic carbocycles. The Labute approximate surface area is 105 Å². The van der Waals surface area contributed by atoms with Gasteiger partial charge in [-0.2, -0.15) is 0 Å². The van der Waals surface area contributed by atoms with Crippen LogP contribution < -0.4 is 4.90 Å². The number of halogens is 1. The SMILES string of the molecule is COC1CCN(c2nccc(C)c2Br)CC1. The number of ether oxygens (including phenoxy) is 1. The second-order valence-electron chi connectivity index (χ2n) is 4.19. The number of pyridine rings is 1. The number of nitrogens with zero attached hydrogens (tertiary/aromatic N) is 2. The van der Waals surface area contributed by atoms with Gasteiger partial charge in [0, 0.05) is 26.4 Å². The first-order valence-electron chi connectivity index (χ1n) is 5.61. The highest BCUT2D eigenvalue weighted by molar-refractivity contribution is 9.10. The zero-order valence-corrected chi connectivity index (χ0v) is 11.3. The van der Waals surface area contributed by atoms with Crippen LogP contribution in [-0.2, 0) is 4.74 Å². The van der Waals surface area contributed by atoms with Crippen molar-refractivity contribution in [2.24, 2.45) is 0 Å². The van der Waals surface area contributed by atoms with Gasteiger partial charge in [0.15, 0.2) is 0 Å². The molecule has 0 unspecified atom stereocenters. The minimum Gasteiger partial charge on any atom is -0.381 e. The van der Waals surface area contributed by atoms with Gasteiger partial charge in [-0.3, -0.25) is 0 Å². The first kappa shape index (κ1) is 11.9. The third-order valence-corrected chi connectivity index (χ3v) is 4.12. The zero-order valence-electron chi connectivity index (χ0n) is 9.74. The van der Waals surface area contributed by atoms with E-state index in [0.29, 0.717) is 6.10 Å². The molecule has 1 aromatic heterocycles. The molecule has 16 heavy (non-hydrogen) atoms. The number of rotatable bonds is 2. The van der Waals surface area contributed by atoms with Crippen LogP contribution in [0.4, 0.5) is 5.82 Å². The average molecular weight is 285 g/mol. The van der Waals surface area contributed by atoms with Crippen molar-refractivity contribution in [3.8, 4) is 0 Å². The van der Waals surface area contributed by atoms with Crippen molar-refractivity contribution in [3.05, 3.63) is 22.3 Å². The molecule has 0 bridgehead atoms. The molecule has 2 heterocycles. The summed E-state index contributed by atoms with van der Waals surface area (Å²) in [7, 11) is 1.79. The number of anilines is 1. The average Bonchev–Trinajstić information content (AvgIpc) is 2.33. The van der Waals surface area contributed by atoms with Gasteiger partial charge in [0.25, 0.3) is 0 Å². The molecule has 0 spiro atoms. The summed E-state index contributed by atoms with van der Waals surface area (Å²) in [6.45, 7) is 4.14. The molecule has 0 aliphatic carbocycles. The smallest absolute Gasteiger partial charge is 0.143 e. The first-order chi connectivity index (χ1) is 7.72. The number of hydrogen-bond acceptors (Lipinski definition) is 3. The molecular weight excluding hydrogens is 268 g/mol. The molecule has 4 heteroatoms. The number of methoxy groups -OCH3 is 1. The summed E-state index contributed by atoms with van der Waals surface area (Å²) in [5.74, 6) is 1.06. The quantitative estimate of drug-likeness (QED) is 0.835. The minimum absolute atomic E-state index is 0.417. The number of aromatic nitrogens is 1. The van der Waals surface area contributed by atoms with E-state index in [1.165, 1.54) is 5.56 Å². The number of piperidine rings is 1. The normalized spacial score (nSPS) is 17.8. The Bertz CT molecular complexity index is 362. The molecule has 1 saturated heterocycles. The summed E-state index contributed by atoms with van der Waals surface area (Å²) in [6, 6.07) is 2.02. The molecule has 0 saturated carbocycles. The molecule has 0 radical (unpaired) electrons. The van der Waals surface area contributed by atoms with Crippen LogP contribution in [0.25, 0.3) is 0 Å². The lowest BCUT2D eigenvalue weighted by molar-refractivity contribution is 0.0818. The Morgan fingerprint density at radius 3 is 2.75 bits per heavy atom. The highest BCUT2D eigenvalue weighted by Gasteiger charge is 2.21. The summed E-state index contributed by atoms with van der Waals surface area (Å²) in [4.78, 5) is 6.78. The van der Waals surface area contributed by atoms with E-state index in [1.807, 2.05) is 12.3 Å². The molecule has 3 nitrogen and oxygen atoms in total. The number of aryl methyl sites for hydroxylation is 1. The van der Waals surface area contributed by atoms with Crippen molar-refractivity contribution in [1.29, 1.82) is 0 Å². The van der Waals surface area contributed by atoms with Crippen LogP contribution in [0.1, 0.15) is 18.4 Å². The van der Waals surface area contributed by atoms with Gasteiger partial charge in [-0.25, -0.2) is 4.98 Å². The second kappa shape index (κ2) is 5.15. The molecule has 1 aliphatic heterocycles. The Hall–Kier alpha value is -0.610. The van der Waals surface area contributed by atoms with E-state index in [4.69, 9.17) is 4.74 Å². The van der Waals surface area contributed by atoms with Gasteiger partial charge in [0.1, 0.15) is 5.82 Å². The van der Waals surface area contributed by atoms with Gasteiger partial charge in [0.2, 0.25) is 0 Å². The lowest BCUT2D eigenvalue weighted by Crippen LogP contribution is -2.37. The van der Waals surface area contributed by atoms with Crippen LogP contribution in [0.2, 0.25) is 0 Å². The maximum atomic E-state index is 5.37. The molecule has 1 aromatic rings. The van der Waals surface area contributed by atoms with Gasteiger partial charge in [-0.1, -0.05) is 0 Å². The van der Waals surface area contributed by atoms with Gasteiger partial charge in [-0.05, 0) is 47.3 Å². The minimum atomic E-state index is 0.417. The fraction of sp³-hybridized carbons (Fsp3) is 0.583. The van der Waals surface area contributed by atoms with E-state index in [-0.39, 0.29) is 0 Å². The summed E-state index contributed by atoms with van der Waals surface area (Å²) in [5.41, 5.74) is 1.24. The Morgan fingerprint density at radius 2 is 2.12 bits per heavy atom. The van der Waals surface area contributed by atoms with Gasteiger partial charge < -0.3 is 9.64 Å². The Morgan fingerprint density at radius 1 is 1.44 bits per heavy atom. The third kappa shape index (κ3) is 2.38. The van der Waals surface area contributed by atoms with Crippen LogP contribution >= 0.6 is 15.9 Å². The van der Waals surface area contributed by atoms with Crippen LogP contribution in [0.5, 0.6) is 0 Å². The lowest BCUT2D eigenvalue weighted by atomic mass is 10.1. The fourth-order valence-electron chi connectivity index (χ4n) is 2.05. The highest BCUT2D eigenvalue weighted by atomic mass is 79.9. The third-order valence-electron chi connectivity index (χ3n) is 3.14. The van der Waals surface area contributed by atoms with Crippen LogP contribution in [-0.4, -0.2) is 31.3 Å². The maximum Gasteiger partial charge on any atom is 0.143 e. The van der Waals surface area contributed by atoms with Crippen molar-refractivity contribution in [3.63, 3.8) is 0 Å². The Balaban J connectivity index is 2.11. The van der Waals surface area contributed by atoms with Crippen molar-refractivity contribution in [2.45, 2.75) is 25.9 Å². The second-order valence-corrected chi connectivity index (χ2v) is 4.98. The summed E-state index contributed by atoms with van der Waals surface area (Å²) < 4.78 is 6.49. The zero-order chi connectivity index (χ0) is 11.5. The molecule has 0 atom stereocenters. The van der Waals surface area contributed by atoms with Crippen LogP contribution in [0.3, 0.4) is 0 Å². The van der Waals surface area contributed by atoms with Gasteiger partial charge in [0.05, 0.1) is 10.6 Å². The largest absolute Gasteiger partial charge is 0.381 e. The molecule has 0 amide bonds. The van der Waals surface area contributed by atoms with Gasteiger partial charge in [-0.15, -0.1) is 0 Å². The standard InChI is InChI=1S/C12H17BrN2O/c1-9-3-6-14-12(11(9)13)15-7-4-10(16-2)5-8-15/h3,6,10H,4-5,7-8H2,1-2H3. The van der Waals surface area contributed by atoms with Gasteiger partial charge >= 0.3 is 0 Å². The van der Waals surface area contributed by atoms with Crippen molar-refractivity contribution < 1.29 is 4.74 Å². The molecule has 1 aliphatic rings. The predicted molar refractivity (Wildman–Crippen MR) is 68.9 cm³/mol. The summed E-state index contributed by atoms with van der Waals surface area (Å²) >= 11 is 3.61. The monoisotopic (exact) mass is 284 g/mol. The fourth-order valence-corrected chi connectivity index (χ4v) is 2.53. The van der Waals surface area contributed by atoms with E-state index >= 15 is 0 Å². The molecule has 88 valence electrons. The van der Waals surface area contributed by atoms with Crippen molar-refractivity contribution in [1.82, 2.24) is 4.98 Å². The lowest BCUT2D eigenvalue weighted by Gasteiger charge is -2.32. The van der Waals surface area contributed by atoms with Crippen LogP contribution in [0.15, 0.2) is 16.7 Å². The van der Waals surface area contributed by atoms with E-state index in [2.05, 4.69) is 32.7 Å². The topological polar surface area (TPSA) is 25.4 Å². The highest BCUT2D eigenvalue weighted by Crippen LogP contribution is 2.29. The molecule has 0 N–H and O–H groups in total. The van der Waals surface area contributed by atoms with Crippen molar-refractivity contribution in [2.75, 3.05) is 25.1 Å². The first-order valence-corrected chi connectivity index (χ1v) is 6.40.